The zero-order valence-corrected chi connectivity index (χ0v) is 19.1. The largest absolute Gasteiger partial charge is 0.330 e. The monoisotopic (exact) mass is 438 g/mol. The van der Waals surface area contributed by atoms with E-state index < -0.39 is 5.54 Å². The van der Waals surface area contributed by atoms with Crippen molar-refractivity contribution in [3.8, 4) is 0 Å². The van der Waals surface area contributed by atoms with E-state index >= 15 is 0 Å². The standard InChI is InChI=1S/C24H26N2O2S2/c1-24(2,3)26(23(28)20-10-7-14-29-20)16-21(27)25-13-11-19-18(12-15-30-19)22(25)17-8-5-4-6-9-17/h4-10,12,14-15,22H,11,13,16H2,1-3H3. The molecule has 0 aliphatic carbocycles. The number of thiophene rings is 2. The van der Waals surface area contributed by atoms with Crippen LogP contribution in [0, 0.1) is 0 Å². The molecule has 2 aromatic heterocycles. The summed E-state index contributed by atoms with van der Waals surface area (Å²) in [7, 11) is 0. The highest BCUT2D eigenvalue weighted by atomic mass is 32.1. The van der Waals surface area contributed by atoms with E-state index in [2.05, 4.69) is 23.6 Å². The number of carbonyl (C=O) groups excluding carboxylic acids is 2. The van der Waals surface area contributed by atoms with E-state index in [9.17, 15) is 9.59 Å². The van der Waals surface area contributed by atoms with Crippen molar-refractivity contribution in [3.05, 3.63) is 80.2 Å². The lowest BCUT2D eigenvalue weighted by Crippen LogP contribution is -2.52. The Morgan fingerprint density at radius 2 is 1.80 bits per heavy atom. The summed E-state index contributed by atoms with van der Waals surface area (Å²) in [4.78, 5) is 32.4. The van der Waals surface area contributed by atoms with Crippen molar-refractivity contribution in [2.24, 2.45) is 0 Å². The van der Waals surface area contributed by atoms with Gasteiger partial charge < -0.3 is 9.80 Å². The van der Waals surface area contributed by atoms with Crippen LogP contribution in [-0.2, 0) is 11.2 Å². The van der Waals surface area contributed by atoms with E-state index in [0.29, 0.717) is 11.4 Å². The first kappa shape index (κ1) is 20.8. The molecule has 6 heteroatoms. The van der Waals surface area contributed by atoms with E-state index in [1.54, 1.807) is 16.2 Å². The third-order valence-electron chi connectivity index (χ3n) is 5.48. The average molecular weight is 439 g/mol. The van der Waals surface area contributed by atoms with Crippen molar-refractivity contribution in [1.82, 2.24) is 9.80 Å². The normalized spacial score (nSPS) is 16.2. The van der Waals surface area contributed by atoms with Gasteiger partial charge in [-0.1, -0.05) is 36.4 Å². The number of fused-ring (bicyclic) bond motifs is 1. The van der Waals surface area contributed by atoms with Crippen molar-refractivity contribution >= 4 is 34.5 Å². The minimum Gasteiger partial charge on any atom is -0.330 e. The zero-order valence-electron chi connectivity index (χ0n) is 17.5. The van der Waals surface area contributed by atoms with Crippen LogP contribution in [0.3, 0.4) is 0 Å². The number of nitrogens with zero attached hydrogens (tertiary/aromatic N) is 2. The van der Waals surface area contributed by atoms with Crippen LogP contribution in [0.25, 0.3) is 0 Å². The highest BCUT2D eigenvalue weighted by Gasteiger charge is 2.36. The van der Waals surface area contributed by atoms with Gasteiger partial charge in [-0.15, -0.1) is 22.7 Å². The molecule has 1 aromatic carbocycles. The molecule has 0 saturated carbocycles. The molecular formula is C24H26N2O2S2. The molecule has 0 N–H and O–H groups in total. The van der Waals surface area contributed by atoms with Gasteiger partial charge in [-0.05, 0) is 61.2 Å². The molecule has 3 aromatic rings. The molecule has 2 amide bonds. The topological polar surface area (TPSA) is 40.6 Å². The van der Waals surface area contributed by atoms with Gasteiger partial charge >= 0.3 is 0 Å². The smallest absolute Gasteiger partial charge is 0.264 e. The summed E-state index contributed by atoms with van der Waals surface area (Å²) in [5.41, 5.74) is 1.86. The molecule has 1 atom stereocenters. The predicted molar refractivity (Wildman–Crippen MR) is 123 cm³/mol. The Labute approximate surface area is 185 Å². The Bertz CT molecular complexity index is 1020. The van der Waals surface area contributed by atoms with Gasteiger partial charge in [-0.3, -0.25) is 9.59 Å². The minimum atomic E-state index is -0.456. The lowest BCUT2D eigenvalue weighted by molar-refractivity contribution is -0.135. The number of hydrogen-bond donors (Lipinski definition) is 0. The van der Waals surface area contributed by atoms with Gasteiger partial charge in [-0.2, -0.15) is 0 Å². The van der Waals surface area contributed by atoms with E-state index in [1.165, 1.54) is 21.8 Å². The number of hydrogen-bond acceptors (Lipinski definition) is 4. The highest BCUT2D eigenvalue weighted by molar-refractivity contribution is 7.12. The van der Waals surface area contributed by atoms with Crippen LogP contribution in [-0.4, -0.2) is 40.2 Å². The minimum absolute atomic E-state index is 0.0134. The van der Waals surface area contributed by atoms with Crippen molar-refractivity contribution < 1.29 is 9.59 Å². The van der Waals surface area contributed by atoms with Gasteiger partial charge in [0.15, 0.2) is 0 Å². The zero-order chi connectivity index (χ0) is 21.3. The van der Waals surface area contributed by atoms with Crippen LogP contribution in [0.2, 0.25) is 0 Å². The Kier molecular flexibility index (Phi) is 5.80. The number of amides is 2. The fraction of sp³-hybridized carbons (Fsp3) is 0.333. The summed E-state index contributed by atoms with van der Waals surface area (Å²) in [6.07, 6.45) is 0.858. The van der Waals surface area contributed by atoms with E-state index in [0.717, 1.165) is 12.0 Å². The van der Waals surface area contributed by atoms with Crippen molar-refractivity contribution in [1.29, 1.82) is 0 Å². The first-order chi connectivity index (χ1) is 14.4. The fourth-order valence-electron chi connectivity index (χ4n) is 3.95. The summed E-state index contributed by atoms with van der Waals surface area (Å²) in [6, 6.07) is 15.9. The second-order valence-electron chi connectivity index (χ2n) is 8.49. The van der Waals surface area contributed by atoms with Crippen molar-refractivity contribution in [2.45, 2.75) is 38.8 Å². The molecule has 1 aliphatic heterocycles. The first-order valence-electron chi connectivity index (χ1n) is 10.1. The van der Waals surface area contributed by atoms with Crippen LogP contribution in [0.1, 0.15) is 52.5 Å². The lowest BCUT2D eigenvalue weighted by Gasteiger charge is -2.40. The molecule has 0 fully saturated rings. The van der Waals surface area contributed by atoms with Crippen LogP contribution in [0.15, 0.2) is 59.3 Å². The van der Waals surface area contributed by atoms with Gasteiger partial charge in [0.05, 0.1) is 10.9 Å². The average Bonchev–Trinajstić information content (AvgIpc) is 3.42. The van der Waals surface area contributed by atoms with Gasteiger partial charge in [0, 0.05) is 17.0 Å². The second kappa shape index (κ2) is 8.36. The molecule has 30 heavy (non-hydrogen) atoms. The van der Waals surface area contributed by atoms with Gasteiger partial charge in [0.1, 0.15) is 6.54 Å². The molecule has 1 aliphatic rings. The number of benzene rings is 1. The van der Waals surface area contributed by atoms with Crippen LogP contribution in [0.5, 0.6) is 0 Å². The van der Waals surface area contributed by atoms with Crippen molar-refractivity contribution in [3.63, 3.8) is 0 Å². The molecular weight excluding hydrogens is 412 g/mol. The molecule has 0 spiro atoms. The molecule has 0 radical (unpaired) electrons. The molecule has 0 bridgehead atoms. The van der Waals surface area contributed by atoms with E-state index in [-0.39, 0.29) is 24.4 Å². The summed E-state index contributed by atoms with van der Waals surface area (Å²) in [5.74, 6) is -0.101. The molecule has 4 rings (SSSR count). The maximum Gasteiger partial charge on any atom is 0.264 e. The Morgan fingerprint density at radius 1 is 1.03 bits per heavy atom. The van der Waals surface area contributed by atoms with Crippen LogP contribution >= 0.6 is 22.7 Å². The van der Waals surface area contributed by atoms with E-state index in [4.69, 9.17) is 0 Å². The third kappa shape index (κ3) is 4.07. The number of carbonyl (C=O) groups is 2. The first-order valence-corrected chi connectivity index (χ1v) is 11.9. The Morgan fingerprint density at radius 3 is 2.47 bits per heavy atom. The molecule has 3 heterocycles. The summed E-state index contributed by atoms with van der Waals surface area (Å²) < 4.78 is 0. The van der Waals surface area contributed by atoms with Gasteiger partial charge in [0.2, 0.25) is 5.91 Å². The second-order valence-corrected chi connectivity index (χ2v) is 10.4. The lowest BCUT2D eigenvalue weighted by atomic mass is 9.93. The van der Waals surface area contributed by atoms with E-state index in [1.807, 2.05) is 61.4 Å². The summed E-state index contributed by atoms with van der Waals surface area (Å²) in [5, 5.41) is 4.00. The SMILES string of the molecule is CC(C)(C)N(CC(=O)N1CCc2sccc2C1c1ccccc1)C(=O)c1cccs1. The van der Waals surface area contributed by atoms with Crippen molar-refractivity contribution in [2.75, 3.05) is 13.1 Å². The highest BCUT2D eigenvalue weighted by Crippen LogP contribution is 2.38. The van der Waals surface area contributed by atoms with Crippen LogP contribution in [0.4, 0.5) is 0 Å². The quantitative estimate of drug-likeness (QED) is 0.560. The van der Waals surface area contributed by atoms with Gasteiger partial charge in [0.25, 0.3) is 5.91 Å². The molecule has 156 valence electrons. The van der Waals surface area contributed by atoms with Gasteiger partial charge in [-0.25, -0.2) is 0 Å². The summed E-state index contributed by atoms with van der Waals surface area (Å²) in [6.45, 7) is 6.68. The maximum absolute atomic E-state index is 13.6. The molecule has 0 saturated heterocycles. The maximum atomic E-state index is 13.6. The molecule has 1 unspecified atom stereocenters. The molecule has 4 nitrogen and oxygen atoms in total. The Hall–Kier alpha value is -2.44. The summed E-state index contributed by atoms with van der Waals surface area (Å²) >= 11 is 3.17. The Balaban J connectivity index is 1.64. The van der Waals surface area contributed by atoms with Crippen LogP contribution < -0.4 is 0 Å². The third-order valence-corrected chi connectivity index (χ3v) is 7.34. The predicted octanol–water partition coefficient (Wildman–Crippen LogP) is 5.22. The fourth-order valence-corrected chi connectivity index (χ4v) is 5.53. The number of rotatable bonds is 4.